The van der Waals surface area contributed by atoms with Crippen molar-refractivity contribution in [3.8, 4) is 11.5 Å². The number of hydrogen-bond acceptors (Lipinski definition) is 6. The van der Waals surface area contributed by atoms with E-state index < -0.39 is 43.9 Å². The molecule has 11 heteroatoms. The van der Waals surface area contributed by atoms with E-state index in [1.165, 1.54) is 24.3 Å². The summed E-state index contributed by atoms with van der Waals surface area (Å²) in [5.74, 6) is -2.06. The topological polar surface area (TPSA) is 84.9 Å². The number of hydrogen-bond donors (Lipinski definition) is 1. The minimum absolute atomic E-state index is 0.0121. The summed E-state index contributed by atoms with van der Waals surface area (Å²) in [6, 6.07) is 8.78. The number of esters is 1. The van der Waals surface area contributed by atoms with Crippen molar-refractivity contribution in [2.45, 2.75) is 24.0 Å². The van der Waals surface area contributed by atoms with Crippen LogP contribution in [-0.4, -0.2) is 53.1 Å². The lowest BCUT2D eigenvalue weighted by atomic mass is 10.1. The Morgan fingerprint density at radius 2 is 1.74 bits per heavy atom. The van der Waals surface area contributed by atoms with E-state index >= 15 is 0 Å². The highest BCUT2D eigenvalue weighted by Gasteiger charge is 2.43. The van der Waals surface area contributed by atoms with Crippen LogP contribution in [0.25, 0.3) is 0 Å². The monoisotopic (exact) mass is 460 g/mol. The number of rotatable bonds is 8. The summed E-state index contributed by atoms with van der Waals surface area (Å²) in [5.41, 5.74) is -2.15. The molecule has 2 rings (SSSR count). The van der Waals surface area contributed by atoms with E-state index in [0.717, 1.165) is 19.2 Å². The summed E-state index contributed by atoms with van der Waals surface area (Å²) in [7, 11) is -0.188. The van der Waals surface area contributed by atoms with Crippen molar-refractivity contribution in [2.75, 3.05) is 27.7 Å². The zero-order valence-electron chi connectivity index (χ0n) is 17.4. The average Bonchev–Trinajstić information content (AvgIpc) is 2.70. The summed E-state index contributed by atoms with van der Waals surface area (Å²) in [6.07, 6.45) is -5.15. The first-order valence-corrected chi connectivity index (χ1v) is 10.6. The molecule has 0 aromatic heterocycles. The Kier molecular flexibility index (Phi) is 7.68. The van der Waals surface area contributed by atoms with Crippen LogP contribution in [0.5, 0.6) is 11.5 Å². The molecule has 0 aliphatic rings. The van der Waals surface area contributed by atoms with Crippen LogP contribution < -0.4 is 9.46 Å². The Labute approximate surface area is 178 Å². The summed E-state index contributed by atoms with van der Waals surface area (Å²) >= 11 is 0. The van der Waals surface area contributed by atoms with Gasteiger partial charge in [0.2, 0.25) is 10.0 Å². The van der Waals surface area contributed by atoms with E-state index in [4.69, 9.17) is 4.74 Å². The van der Waals surface area contributed by atoms with Crippen LogP contribution in [0.15, 0.2) is 47.4 Å². The summed E-state index contributed by atoms with van der Waals surface area (Å²) in [4.78, 5) is 12.8. The van der Waals surface area contributed by atoms with Crippen LogP contribution in [0.4, 0.5) is 13.2 Å². The number of methoxy groups -OCH3 is 1. The molecule has 170 valence electrons. The van der Waals surface area contributed by atoms with E-state index in [1.54, 1.807) is 32.0 Å². The lowest BCUT2D eigenvalue weighted by Crippen LogP contribution is -2.38. The zero-order valence-corrected chi connectivity index (χ0v) is 18.2. The second kappa shape index (κ2) is 9.67. The van der Waals surface area contributed by atoms with Crippen LogP contribution in [0.3, 0.4) is 0 Å². The van der Waals surface area contributed by atoms with Gasteiger partial charge in [-0.15, -0.1) is 0 Å². The molecule has 0 spiro atoms. The molecule has 0 aliphatic heterocycles. The van der Waals surface area contributed by atoms with E-state index in [2.05, 4.69) is 9.46 Å². The Hall–Kier alpha value is -2.63. The number of nitrogens with one attached hydrogen (secondary N) is 1. The quantitative estimate of drug-likeness (QED) is 0.607. The number of nitrogens with zero attached hydrogens (tertiary/aromatic N) is 1. The van der Waals surface area contributed by atoms with Crippen LogP contribution in [-0.2, 0) is 20.9 Å². The highest BCUT2D eigenvalue weighted by Crippen LogP contribution is 2.44. The molecule has 0 saturated carbocycles. The van der Waals surface area contributed by atoms with Gasteiger partial charge in [-0.25, -0.2) is 17.9 Å². The molecule has 0 radical (unpaired) electrons. The van der Waals surface area contributed by atoms with Gasteiger partial charge in [-0.3, -0.25) is 0 Å². The molecule has 0 aliphatic carbocycles. The van der Waals surface area contributed by atoms with Crippen molar-refractivity contribution in [1.82, 2.24) is 9.62 Å². The molecule has 0 fully saturated rings. The fraction of sp³-hybridized carbons (Fsp3) is 0.350. The summed E-state index contributed by atoms with van der Waals surface area (Å²) in [5, 5.41) is 0. The van der Waals surface area contributed by atoms with Gasteiger partial charge in [0.1, 0.15) is 16.9 Å². The van der Waals surface area contributed by atoms with Gasteiger partial charge in [0.05, 0.1) is 12.0 Å². The Morgan fingerprint density at radius 1 is 1.13 bits per heavy atom. The first-order chi connectivity index (χ1) is 14.4. The van der Waals surface area contributed by atoms with E-state index in [1.807, 2.05) is 0 Å². The van der Waals surface area contributed by atoms with Gasteiger partial charge in [-0.1, -0.05) is 18.2 Å². The van der Waals surface area contributed by atoms with Gasteiger partial charge < -0.3 is 14.4 Å². The van der Waals surface area contributed by atoms with E-state index in [-0.39, 0.29) is 18.3 Å². The third-order valence-electron chi connectivity index (χ3n) is 4.51. The van der Waals surface area contributed by atoms with Crippen molar-refractivity contribution in [1.29, 1.82) is 0 Å². The van der Waals surface area contributed by atoms with Crippen LogP contribution in [0, 0.1) is 0 Å². The van der Waals surface area contributed by atoms with Gasteiger partial charge >= 0.3 is 12.1 Å². The fourth-order valence-electron chi connectivity index (χ4n) is 2.53. The fourth-order valence-corrected chi connectivity index (χ4v) is 3.87. The molecular weight excluding hydrogens is 437 g/mol. The van der Waals surface area contributed by atoms with Crippen molar-refractivity contribution < 1.29 is 35.9 Å². The summed E-state index contributed by atoms with van der Waals surface area (Å²) < 4.78 is 79.9. The van der Waals surface area contributed by atoms with Crippen LogP contribution in [0.2, 0.25) is 0 Å². The number of sulfonamides is 1. The van der Waals surface area contributed by atoms with Gasteiger partial charge in [0.25, 0.3) is 0 Å². The first-order valence-electron chi connectivity index (χ1n) is 9.10. The Morgan fingerprint density at radius 3 is 2.26 bits per heavy atom. The second-order valence-corrected chi connectivity index (χ2v) is 8.62. The minimum Gasteiger partial charge on any atom is -0.465 e. The van der Waals surface area contributed by atoms with Crippen LogP contribution >= 0.6 is 0 Å². The number of benzene rings is 2. The van der Waals surface area contributed by atoms with E-state index in [0.29, 0.717) is 0 Å². The van der Waals surface area contributed by atoms with E-state index in [9.17, 15) is 26.4 Å². The number of carbonyl (C=O) groups is 1. The lowest BCUT2D eigenvalue weighted by Gasteiger charge is -2.22. The number of alkyl halides is 3. The summed E-state index contributed by atoms with van der Waals surface area (Å²) in [6.45, 7) is 1.58. The third kappa shape index (κ3) is 5.96. The molecule has 1 N–H and O–H groups in total. The molecule has 7 nitrogen and oxygen atoms in total. The molecule has 1 unspecified atom stereocenters. The maximum atomic E-state index is 14.1. The molecular formula is C20H23F3N2O5S. The number of carbonyl (C=O) groups excluding carboxylic acids is 1. The number of halogens is 3. The molecule has 2 aromatic rings. The van der Waals surface area contributed by atoms with Crippen LogP contribution in [0.1, 0.15) is 22.8 Å². The molecule has 0 saturated heterocycles. The van der Waals surface area contributed by atoms with Gasteiger partial charge in [0, 0.05) is 12.6 Å². The number of ether oxygens (including phenoxy) is 2. The molecule has 1 atom stereocenters. The molecule has 0 bridgehead atoms. The predicted octanol–water partition coefficient (Wildman–Crippen LogP) is 3.51. The van der Waals surface area contributed by atoms with Crippen molar-refractivity contribution in [3.05, 3.63) is 53.6 Å². The smallest absolute Gasteiger partial charge is 0.421 e. The second-order valence-electron chi connectivity index (χ2n) is 6.88. The maximum absolute atomic E-state index is 14.1. The lowest BCUT2D eigenvalue weighted by molar-refractivity contribution is -0.140. The van der Waals surface area contributed by atoms with Crippen molar-refractivity contribution >= 4 is 16.0 Å². The molecule has 31 heavy (non-hydrogen) atoms. The minimum atomic E-state index is -5.15. The predicted molar refractivity (Wildman–Crippen MR) is 108 cm³/mol. The van der Waals surface area contributed by atoms with Gasteiger partial charge in [-0.2, -0.15) is 13.2 Å². The Bertz CT molecular complexity index is 1030. The van der Waals surface area contributed by atoms with Crippen molar-refractivity contribution in [2.24, 2.45) is 0 Å². The number of para-hydroxylation sites is 1. The number of likely N-dealkylation sites (N-methyl/N-ethyl adjacent to an activating group) is 1. The van der Waals surface area contributed by atoms with Gasteiger partial charge in [-0.05, 0) is 45.3 Å². The first kappa shape index (κ1) is 24.6. The SMILES string of the molecule is COC(=O)c1ccc(S(=O)(=O)NCC(C)N(C)C)c(C(F)(F)F)c1Oc1ccccc1. The van der Waals surface area contributed by atoms with Crippen molar-refractivity contribution in [3.63, 3.8) is 0 Å². The highest BCUT2D eigenvalue weighted by atomic mass is 32.2. The zero-order chi connectivity index (χ0) is 23.4. The standard InChI is InChI=1S/C20H23F3N2O5S/c1-13(25(2)3)12-24-31(27,28)16-11-10-15(19(26)29-4)18(17(16)20(21,22)23)30-14-8-6-5-7-9-14/h5-11,13,24H,12H2,1-4H3. The largest absolute Gasteiger partial charge is 0.465 e. The molecule has 0 heterocycles. The Balaban J connectivity index is 2.69. The third-order valence-corrected chi connectivity index (χ3v) is 5.98. The molecule has 0 amide bonds. The maximum Gasteiger partial charge on any atom is 0.421 e. The van der Waals surface area contributed by atoms with Gasteiger partial charge in [0.15, 0.2) is 5.75 Å². The molecule has 2 aromatic carbocycles. The average molecular weight is 460 g/mol. The highest BCUT2D eigenvalue weighted by molar-refractivity contribution is 7.89. The normalized spacial score (nSPS) is 13.2.